The summed E-state index contributed by atoms with van der Waals surface area (Å²) in [6, 6.07) is 0. The largest absolute Gasteiger partial charge is 0.106 e. The van der Waals surface area contributed by atoms with Gasteiger partial charge in [-0.25, -0.2) is 0 Å². The van der Waals surface area contributed by atoms with Gasteiger partial charge >= 0.3 is 0 Å². The first-order chi connectivity index (χ1) is 6.16. The number of rotatable bonds is 4. The summed E-state index contributed by atoms with van der Waals surface area (Å²) in [6.07, 6.45) is 7.72. The van der Waals surface area contributed by atoms with Crippen LogP contribution in [0, 0.1) is 11.8 Å². The summed E-state index contributed by atoms with van der Waals surface area (Å²) < 4.78 is 0. The fourth-order valence-electron chi connectivity index (χ4n) is 1.02. The van der Waals surface area contributed by atoms with Crippen LogP contribution in [0.4, 0.5) is 0 Å². The van der Waals surface area contributed by atoms with Gasteiger partial charge in [0.1, 0.15) is 0 Å². The van der Waals surface area contributed by atoms with Gasteiger partial charge in [-0.15, -0.1) is 5.92 Å². The first-order valence-corrected chi connectivity index (χ1v) is 4.85. The lowest BCUT2D eigenvalue weighted by molar-refractivity contribution is 0.959. The van der Waals surface area contributed by atoms with E-state index in [2.05, 4.69) is 44.8 Å². The topological polar surface area (TPSA) is 0 Å². The third-order valence-corrected chi connectivity index (χ3v) is 1.82. The van der Waals surface area contributed by atoms with Crippen LogP contribution in [0.3, 0.4) is 0 Å². The summed E-state index contributed by atoms with van der Waals surface area (Å²) in [5, 5.41) is 0. The van der Waals surface area contributed by atoms with Crippen LogP contribution < -0.4 is 0 Å². The molecule has 0 atom stereocenters. The Morgan fingerprint density at radius 2 is 1.85 bits per heavy atom. The summed E-state index contributed by atoms with van der Waals surface area (Å²) in [7, 11) is 0. The van der Waals surface area contributed by atoms with Gasteiger partial charge in [-0.1, -0.05) is 29.2 Å². The molecule has 0 aromatic rings. The predicted octanol–water partition coefficient (Wildman–Crippen LogP) is 4.09. The van der Waals surface area contributed by atoms with Gasteiger partial charge in [0.25, 0.3) is 0 Å². The van der Waals surface area contributed by atoms with Crippen LogP contribution in [-0.4, -0.2) is 0 Å². The van der Waals surface area contributed by atoms with Crippen molar-refractivity contribution in [2.45, 2.75) is 47.0 Å². The second-order valence-electron chi connectivity index (χ2n) is 3.50. The molecule has 0 heterocycles. The maximum absolute atomic E-state index is 3.04. The van der Waals surface area contributed by atoms with Crippen molar-refractivity contribution >= 4 is 0 Å². The van der Waals surface area contributed by atoms with E-state index in [1.807, 2.05) is 6.92 Å². The molecule has 0 radical (unpaired) electrons. The van der Waals surface area contributed by atoms with E-state index in [4.69, 9.17) is 0 Å². The molecule has 0 amide bonds. The predicted molar refractivity (Wildman–Crippen MR) is 60.5 cm³/mol. The van der Waals surface area contributed by atoms with Crippen molar-refractivity contribution in [3.8, 4) is 11.8 Å². The molecule has 0 aromatic heterocycles. The van der Waals surface area contributed by atoms with E-state index in [-0.39, 0.29) is 0 Å². The fraction of sp³-hybridized carbons (Fsp3) is 0.538. The highest BCUT2D eigenvalue weighted by Gasteiger charge is 1.87. The molecule has 0 aromatic carbocycles. The van der Waals surface area contributed by atoms with Crippen LogP contribution in [0.15, 0.2) is 23.3 Å². The fourth-order valence-corrected chi connectivity index (χ4v) is 1.02. The lowest BCUT2D eigenvalue weighted by Gasteiger charge is -1.96. The van der Waals surface area contributed by atoms with Crippen molar-refractivity contribution in [1.29, 1.82) is 0 Å². The van der Waals surface area contributed by atoms with Gasteiger partial charge in [0.2, 0.25) is 0 Å². The molecule has 72 valence electrons. The number of hydrogen-bond donors (Lipinski definition) is 0. The molecule has 0 heteroatoms. The molecular formula is C13H20. The summed E-state index contributed by atoms with van der Waals surface area (Å²) >= 11 is 0. The molecule has 0 N–H and O–H groups in total. The quantitative estimate of drug-likeness (QED) is 0.447. The molecule has 0 unspecified atom stereocenters. The van der Waals surface area contributed by atoms with E-state index < -0.39 is 0 Å². The van der Waals surface area contributed by atoms with Crippen LogP contribution in [-0.2, 0) is 0 Å². The van der Waals surface area contributed by atoms with E-state index in [0.29, 0.717) is 0 Å². The van der Waals surface area contributed by atoms with Crippen LogP contribution in [0.25, 0.3) is 0 Å². The lowest BCUT2D eigenvalue weighted by atomic mass is 10.1. The molecule has 0 rings (SSSR count). The molecule has 0 bridgehead atoms. The van der Waals surface area contributed by atoms with Crippen molar-refractivity contribution in [2.75, 3.05) is 0 Å². The summed E-state index contributed by atoms with van der Waals surface area (Å²) in [5.74, 6) is 5.93. The third kappa shape index (κ3) is 8.95. The Morgan fingerprint density at radius 1 is 1.15 bits per heavy atom. The van der Waals surface area contributed by atoms with Crippen molar-refractivity contribution in [3.63, 3.8) is 0 Å². The third-order valence-electron chi connectivity index (χ3n) is 1.82. The second kappa shape index (κ2) is 7.68. The molecule has 0 saturated carbocycles. The molecule has 0 fully saturated rings. The van der Waals surface area contributed by atoms with E-state index in [9.17, 15) is 0 Å². The number of hydrogen-bond acceptors (Lipinski definition) is 0. The van der Waals surface area contributed by atoms with E-state index >= 15 is 0 Å². The lowest BCUT2D eigenvalue weighted by Crippen LogP contribution is -1.76. The maximum atomic E-state index is 3.04. The van der Waals surface area contributed by atoms with Gasteiger partial charge in [-0.3, -0.25) is 0 Å². The van der Waals surface area contributed by atoms with Crippen LogP contribution in [0.2, 0.25) is 0 Å². The van der Waals surface area contributed by atoms with Gasteiger partial charge in [0, 0.05) is 6.42 Å². The smallest absolute Gasteiger partial charge is 0.0272 e. The van der Waals surface area contributed by atoms with E-state index in [1.54, 1.807) is 0 Å². The van der Waals surface area contributed by atoms with Gasteiger partial charge in [0.05, 0.1) is 0 Å². The highest BCUT2D eigenvalue weighted by Crippen LogP contribution is 2.06. The van der Waals surface area contributed by atoms with Crippen molar-refractivity contribution in [2.24, 2.45) is 0 Å². The zero-order valence-electron chi connectivity index (χ0n) is 9.28. The Hall–Kier alpha value is -0.960. The molecule has 0 aliphatic heterocycles. The van der Waals surface area contributed by atoms with Gasteiger partial charge < -0.3 is 0 Å². The molecule has 0 nitrogen and oxygen atoms in total. The Bertz CT molecular complexity index is 239. The Balaban J connectivity index is 3.71. The summed E-state index contributed by atoms with van der Waals surface area (Å²) in [5.41, 5.74) is 2.85. The van der Waals surface area contributed by atoms with Gasteiger partial charge in [-0.2, -0.15) is 0 Å². The minimum Gasteiger partial charge on any atom is -0.106 e. The van der Waals surface area contributed by atoms with Gasteiger partial charge in [0.15, 0.2) is 0 Å². The number of allylic oxidation sites excluding steroid dienone is 4. The molecule has 0 aliphatic carbocycles. The van der Waals surface area contributed by atoms with Crippen LogP contribution >= 0.6 is 0 Å². The van der Waals surface area contributed by atoms with Crippen molar-refractivity contribution < 1.29 is 0 Å². The molecule has 0 saturated heterocycles. The molecule has 0 spiro atoms. The molecule has 13 heavy (non-hydrogen) atoms. The zero-order chi connectivity index (χ0) is 10.1. The average Bonchev–Trinajstić information content (AvgIpc) is 2.04. The molecule has 0 aliphatic rings. The van der Waals surface area contributed by atoms with E-state index in [0.717, 1.165) is 19.3 Å². The van der Waals surface area contributed by atoms with Crippen molar-refractivity contribution in [1.82, 2.24) is 0 Å². The van der Waals surface area contributed by atoms with E-state index in [1.165, 1.54) is 11.1 Å². The standard InChI is InChI=1S/C13H20/c1-5-6-7-10-13(4)11-8-9-12(2)3/h9-10H,7-8,11H2,1-4H3/b13-10+. The van der Waals surface area contributed by atoms with Crippen LogP contribution in [0.5, 0.6) is 0 Å². The maximum Gasteiger partial charge on any atom is 0.0272 e. The first kappa shape index (κ1) is 12.0. The Kier molecular flexibility index (Phi) is 7.11. The second-order valence-corrected chi connectivity index (χ2v) is 3.50. The Labute approximate surface area is 82.7 Å². The monoisotopic (exact) mass is 176 g/mol. The van der Waals surface area contributed by atoms with Gasteiger partial charge in [-0.05, 0) is 40.5 Å². The average molecular weight is 176 g/mol. The Morgan fingerprint density at radius 3 is 2.38 bits per heavy atom. The minimum absolute atomic E-state index is 0.900. The minimum atomic E-state index is 0.900. The summed E-state index contributed by atoms with van der Waals surface area (Å²) in [6.45, 7) is 8.34. The SMILES string of the molecule is CC#CC/C=C(\C)CCC=C(C)C. The molecular weight excluding hydrogens is 156 g/mol. The summed E-state index contributed by atoms with van der Waals surface area (Å²) in [4.78, 5) is 0. The highest BCUT2D eigenvalue weighted by molar-refractivity contribution is 5.08. The zero-order valence-corrected chi connectivity index (χ0v) is 9.28. The first-order valence-electron chi connectivity index (χ1n) is 4.85. The van der Waals surface area contributed by atoms with Crippen LogP contribution in [0.1, 0.15) is 47.0 Å². The normalized spacial score (nSPS) is 10.3. The highest BCUT2D eigenvalue weighted by atomic mass is 13.9. The van der Waals surface area contributed by atoms with Crippen molar-refractivity contribution in [3.05, 3.63) is 23.3 Å².